The fourth-order valence-electron chi connectivity index (χ4n) is 0.917. The number of halogens is 1. The Morgan fingerprint density at radius 2 is 2.31 bits per heavy atom. The summed E-state index contributed by atoms with van der Waals surface area (Å²) in [7, 11) is -4.60. The first kappa shape index (κ1) is 9.92. The molecule has 4 heteroatoms. The lowest BCUT2D eigenvalue weighted by atomic mass is 10.2. The van der Waals surface area contributed by atoms with Crippen LogP contribution in [-0.2, 0) is 16.6 Å². The summed E-state index contributed by atoms with van der Waals surface area (Å²) in [6, 6.07) is 6.58. The van der Waals surface area contributed by atoms with Crippen LogP contribution in [0.1, 0.15) is 5.56 Å². The number of hydrogen-bond donors (Lipinski definition) is 0. The largest absolute Gasteiger partial charge is 0.332 e. The Hall–Kier alpha value is -1.16. The van der Waals surface area contributed by atoms with Crippen LogP contribution >= 0.6 is 0 Å². The van der Waals surface area contributed by atoms with Gasteiger partial charge in [-0.1, -0.05) is 12.1 Å². The average Bonchev–Trinajstić information content (AvgIpc) is 2.04. The molecule has 13 heavy (non-hydrogen) atoms. The molecule has 1 aromatic carbocycles. The van der Waals surface area contributed by atoms with Crippen molar-refractivity contribution in [1.82, 2.24) is 0 Å². The second-order valence-electron chi connectivity index (χ2n) is 2.48. The van der Waals surface area contributed by atoms with E-state index in [1.54, 1.807) is 6.08 Å². The first-order chi connectivity index (χ1) is 6.04. The molecule has 0 N–H and O–H groups in total. The predicted octanol–water partition coefficient (Wildman–Crippen LogP) is 1.87. The highest BCUT2D eigenvalue weighted by molar-refractivity contribution is 7.86. The molecule has 2 nitrogen and oxygen atoms in total. The standard InChI is InChI=1S/C9H8FO2S/c1-2-4-8-5-3-6-9(7-8)13(10,11)12/h2-3,6-7H,1,4H2. The molecule has 0 fully saturated rings. The van der Waals surface area contributed by atoms with E-state index in [0.717, 1.165) is 0 Å². The Balaban J connectivity index is 3.13. The molecule has 0 aromatic heterocycles. The predicted molar refractivity (Wildman–Crippen MR) is 47.5 cm³/mol. The van der Waals surface area contributed by atoms with E-state index < -0.39 is 10.2 Å². The summed E-state index contributed by atoms with van der Waals surface area (Å²) in [5.41, 5.74) is 0.605. The summed E-state index contributed by atoms with van der Waals surface area (Å²) in [5.74, 6) is 0. The molecule has 0 saturated carbocycles. The van der Waals surface area contributed by atoms with Gasteiger partial charge in [0.1, 0.15) is 0 Å². The van der Waals surface area contributed by atoms with Crippen molar-refractivity contribution in [3.8, 4) is 0 Å². The Kier molecular flexibility index (Phi) is 2.83. The van der Waals surface area contributed by atoms with Crippen LogP contribution in [-0.4, -0.2) is 8.42 Å². The third kappa shape index (κ3) is 2.66. The number of benzene rings is 1. The summed E-state index contributed by atoms with van der Waals surface area (Å²) >= 11 is 0. The van der Waals surface area contributed by atoms with E-state index in [1.165, 1.54) is 18.2 Å². The van der Waals surface area contributed by atoms with Crippen LogP contribution in [0.5, 0.6) is 0 Å². The topological polar surface area (TPSA) is 34.1 Å². The monoisotopic (exact) mass is 199 g/mol. The number of allylic oxidation sites excluding steroid dienone is 1. The molecular formula is C9H8FO2S. The van der Waals surface area contributed by atoms with Gasteiger partial charge in [0.05, 0.1) is 4.90 Å². The van der Waals surface area contributed by atoms with Gasteiger partial charge in [-0.3, -0.25) is 0 Å². The van der Waals surface area contributed by atoms with Gasteiger partial charge in [0.25, 0.3) is 0 Å². The van der Waals surface area contributed by atoms with Crippen molar-refractivity contribution in [3.05, 3.63) is 42.5 Å². The van der Waals surface area contributed by atoms with Crippen molar-refractivity contribution in [2.45, 2.75) is 11.3 Å². The Morgan fingerprint density at radius 3 is 2.85 bits per heavy atom. The van der Waals surface area contributed by atoms with Crippen LogP contribution in [0.2, 0.25) is 0 Å². The van der Waals surface area contributed by atoms with E-state index in [1.807, 2.05) is 0 Å². The zero-order valence-corrected chi connectivity index (χ0v) is 7.64. The van der Waals surface area contributed by atoms with Gasteiger partial charge in [0.2, 0.25) is 0 Å². The van der Waals surface area contributed by atoms with Crippen LogP contribution in [0.15, 0.2) is 35.7 Å². The van der Waals surface area contributed by atoms with E-state index in [2.05, 4.69) is 12.6 Å². The maximum atomic E-state index is 12.5. The molecule has 69 valence electrons. The first-order valence-electron chi connectivity index (χ1n) is 3.60. The maximum Gasteiger partial charge on any atom is 0.332 e. The van der Waals surface area contributed by atoms with Crippen molar-refractivity contribution in [2.24, 2.45) is 0 Å². The van der Waals surface area contributed by atoms with Gasteiger partial charge in [0.15, 0.2) is 0 Å². The van der Waals surface area contributed by atoms with Gasteiger partial charge in [-0.25, -0.2) is 0 Å². The molecule has 0 unspecified atom stereocenters. The average molecular weight is 199 g/mol. The van der Waals surface area contributed by atoms with Crippen molar-refractivity contribution < 1.29 is 12.3 Å². The molecule has 0 aliphatic heterocycles. The Morgan fingerprint density at radius 1 is 1.62 bits per heavy atom. The van der Waals surface area contributed by atoms with E-state index in [9.17, 15) is 12.3 Å². The summed E-state index contributed by atoms with van der Waals surface area (Å²) in [4.78, 5) is -0.330. The fraction of sp³-hybridized carbons (Fsp3) is 0.111. The normalized spacial score (nSPS) is 11.2. The second-order valence-corrected chi connectivity index (χ2v) is 3.83. The van der Waals surface area contributed by atoms with Gasteiger partial charge < -0.3 is 0 Å². The second kappa shape index (κ2) is 3.70. The molecule has 1 aromatic rings. The van der Waals surface area contributed by atoms with Crippen LogP contribution < -0.4 is 0 Å². The Bertz CT molecular complexity index is 409. The lowest BCUT2D eigenvalue weighted by Crippen LogP contribution is -1.93. The molecule has 1 rings (SSSR count). The molecule has 0 atom stereocenters. The minimum Gasteiger partial charge on any atom is -0.189 e. The van der Waals surface area contributed by atoms with Gasteiger partial charge >= 0.3 is 10.2 Å². The lowest BCUT2D eigenvalue weighted by molar-refractivity contribution is 0.552. The number of hydrogen-bond acceptors (Lipinski definition) is 2. The maximum absolute atomic E-state index is 12.5. The SMILES string of the molecule is C=CCc1[c]ccc(S(=O)(=O)F)c1. The molecule has 0 aliphatic rings. The third-order valence-electron chi connectivity index (χ3n) is 1.48. The quantitative estimate of drug-likeness (QED) is 0.550. The van der Waals surface area contributed by atoms with E-state index in [4.69, 9.17) is 0 Å². The molecule has 0 heterocycles. The highest BCUT2D eigenvalue weighted by atomic mass is 32.3. The first-order valence-corrected chi connectivity index (χ1v) is 4.98. The van der Waals surface area contributed by atoms with Gasteiger partial charge in [-0.05, 0) is 30.2 Å². The minimum atomic E-state index is -4.60. The minimum absolute atomic E-state index is 0.330. The van der Waals surface area contributed by atoms with Crippen LogP contribution in [0.25, 0.3) is 0 Å². The third-order valence-corrected chi connectivity index (χ3v) is 2.30. The van der Waals surface area contributed by atoms with Crippen LogP contribution in [0.4, 0.5) is 3.89 Å². The summed E-state index contributed by atoms with van der Waals surface area (Å²) < 4.78 is 33.4. The molecule has 0 aliphatic carbocycles. The molecule has 0 saturated heterocycles. The van der Waals surface area contributed by atoms with Crippen molar-refractivity contribution >= 4 is 10.2 Å². The highest BCUT2D eigenvalue weighted by Gasteiger charge is 2.11. The van der Waals surface area contributed by atoms with Crippen molar-refractivity contribution in [3.63, 3.8) is 0 Å². The van der Waals surface area contributed by atoms with Crippen molar-refractivity contribution in [2.75, 3.05) is 0 Å². The molecule has 0 bridgehead atoms. The fourth-order valence-corrected chi connectivity index (χ4v) is 1.43. The molecule has 0 amide bonds. The molecular weight excluding hydrogens is 191 g/mol. The van der Waals surface area contributed by atoms with E-state index in [0.29, 0.717) is 12.0 Å². The zero-order valence-electron chi connectivity index (χ0n) is 6.83. The molecule has 0 spiro atoms. The van der Waals surface area contributed by atoms with Gasteiger partial charge in [-0.2, -0.15) is 8.42 Å². The lowest BCUT2D eigenvalue weighted by Gasteiger charge is -1.97. The smallest absolute Gasteiger partial charge is 0.189 e. The summed E-state index contributed by atoms with van der Waals surface area (Å²) in [6.07, 6.45) is 2.07. The summed E-state index contributed by atoms with van der Waals surface area (Å²) in [5, 5.41) is 0. The van der Waals surface area contributed by atoms with Crippen LogP contribution in [0.3, 0.4) is 0 Å². The van der Waals surface area contributed by atoms with E-state index in [-0.39, 0.29) is 4.90 Å². The van der Waals surface area contributed by atoms with Gasteiger partial charge in [0, 0.05) is 0 Å². The van der Waals surface area contributed by atoms with Crippen molar-refractivity contribution in [1.29, 1.82) is 0 Å². The molecule has 1 radical (unpaired) electrons. The van der Waals surface area contributed by atoms with Gasteiger partial charge in [-0.15, -0.1) is 10.5 Å². The Labute approximate surface area is 76.9 Å². The van der Waals surface area contributed by atoms with E-state index >= 15 is 0 Å². The van der Waals surface area contributed by atoms with Crippen LogP contribution in [0, 0.1) is 6.07 Å². The zero-order chi connectivity index (χ0) is 9.90. The summed E-state index contributed by atoms with van der Waals surface area (Å²) in [6.45, 7) is 3.48. The number of rotatable bonds is 3. The highest BCUT2D eigenvalue weighted by Crippen LogP contribution is 2.13.